The van der Waals surface area contributed by atoms with Crippen molar-refractivity contribution in [3.8, 4) is 0 Å². The second-order valence-corrected chi connectivity index (χ2v) is 7.58. The van der Waals surface area contributed by atoms with Gasteiger partial charge in [0.25, 0.3) is 5.56 Å². The predicted molar refractivity (Wildman–Crippen MR) is 104 cm³/mol. The average Bonchev–Trinajstić information content (AvgIpc) is 3.43. The number of aryl methyl sites for hydroxylation is 1. The van der Waals surface area contributed by atoms with Gasteiger partial charge >= 0.3 is 0 Å². The van der Waals surface area contributed by atoms with Gasteiger partial charge < -0.3 is 9.67 Å². The molecular weight excluding hydrogens is 356 g/mol. The summed E-state index contributed by atoms with van der Waals surface area (Å²) in [5.41, 5.74) is 0.636. The molecular formula is C20H24N6O2. The van der Waals surface area contributed by atoms with Gasteiger partial charge in [0.15, 0.2) is 0 Å². The maximum atomic E-state index is 13.0. The highest BCUT2D eigenvalue weighted by Gasteiger charge is 2.32. The zero-order valence-corrected chi connectivity index (χ0v) is 15.8. The van der Waals surface area contributed by atoms with Crippen LogP contribution >= 0.6 is 0 Å². The Bertz CT molecular complexity index is 1070. The van der Waals surface area contributed by atoms with Crippen molar-refractivity contribution < 1.29 is 5.11 Å². The zero-order valence-electron chi connectivity index (χ0n) is 15.8. The van der Waals surface area contributed by atoms with Gasteiger partial charge in [0.2, 0.25) is 0 Å². The van der Waals surface area contributed by atoms with E-state index in [0.717, 1.165) is 56.2 Å². The van der Waals surface area contributed by atoms with E-state index in [1.165, 1.54) is 0 Å². The van der Waals surface area contributed by atoms with Gasteiger partial charge in [-0.05, 0) is 37.9 Å². The van der Waals surface area contributed by atoms with E-state index in [9.17, 15) is 9.90 Å². The van der Waals surface area contributed by atoms with Gasteiger partial charge in [-0.15, -0.1) is 10.2 Å². The van der Waals surface area contributed by atoms with Crippen LogP contribution in [0.15, 0.2) is 29.1 Å². The quantitative estimate of drug-likeness (QED) is 0.717. The molecule has 1 aromatic carbocycles. The molecule has 0 amide bonds. The highest BCUT2D eigenvalue weighted by molar-refractivity contribution is 5.77. The van der Waals surface area contributed by atoms with Crippen molar-refractivity contribution in [1.82, 2.24) is 29.2 Å². The lowest BCUT2D eigenvalue weighted by molar-refractivity contribution is 0.216. The maximum absolute atomic E-state index is 13.0. The van der Waals surface area contributed by atoms with Crippen LogP contribution in [0, 0.1) is 0 Å². The highest BCUT2D eigenvalue weighted by atomic mass is 16.3. The van der Waals surface area contributed by atoms with Crippen LogP contribution in [0.5, 0.6) is 0 Å². The molecule has 0 bridgehead atoms. The second kappa shape index (κ2) is 7.10. The van der Waals surface area contributed by atoms with Crippen molar-refractivity contribution in [1.29, 1.82) is 0 Å². The zero-order chi connectivity index (χ0) is 19.1. The molecule has 0 radical (unpaired) electrons. The molecule has 1 atom stereocenters. The number of likely N-dealkylation sites (tertiary alicyclic amines) is 1. The molecule has 1 saturated heterocycles. The summed E-state index contributed by atoms with van der Waals surface area (Å²) in [5.74, 6) is 2.82. The third kappa shape index (κ3) is 2.84. The Labute approximate surface area is 162 Å². The summed E-state index contributed by atoms with van der Waals surface area (Å²) in [6, 6.07) is 7.48. The largest absolute Gasteiger partial charge is 0.395 e. The summed E-state index contributed by atoms with van der Waals surface area (Å²) < 4.78 is 3.88. The normalized spacial score (nSPS) is 19.5. The first-order chi connectivity index (χ1) is 13.8. The Hall–Kier alpha value is -2.58. The molecule has 2 aliphatic heterocycles. The van der Waals surface area contributed by atoms with E-state index >= 15 is 0 Å². The molecule has 1 unspecified atom stereocenters. The number of rotatable bonds is 5. The van der Waals surface area contributed by atoms with Crippen LogP contribution in [0.3, 0.4) is 0 Å². The Kier molecular flexibility index (Phi) is 4.44. The van der Waals surface area contributed by atoms with Crippen LogP contribution in [0.4, 0.5) is 0 Å². The minimum Gasteiger partial charge on any atom is -0.395 e. The fourth-order valence-corrected chi connectivity index (χ4v) is 4.57. The van der Waals surface area contributed by atoms with Crippen LogP contribution in [-0.2, 0) is 26.1 Å². The van der Waals surface area contributed by atoms with Gasteiger partial charge in [0, 0.05) is 13.0 Å². The Morgan fingerprint density at radius 1 is 1.14 bits per heavy atom. The fraction of sp³-hybridized carbons (Fsp3) is 0.500. The molecule has 4 heterocycles. The molecule has 0 spiro atoms. The standard InChI is InChI=1S/C20H24N6O2/c27-12-11-26-19(21-15-6-2-1-5-14(15)20(26)28)16-7-3-9-24(16)13-18-23-22-17-8-4-10-25(17)18/h1-2,5-6,16,27H,3-4,7-13H2. The van der Waals surface area contributed by atoms with E-state index in [1.807, 2.05) is 18.2 Å². The summed E-state index contributed by atoms with van der Waals surface area (Å²) in [6.07, 6.45) is 4.12. The van der Waals surface area contributed by atoms with Gasteiger partial charge in [-0.2, -0.15) is 0 Å². The van der Waals surface area contributed by atoms with Gasteiger partial charge in [0.1, 0.15) is 17.5 Å². The van der Waals surface area contributed by atoms with E-state index in [2.05, 4.69) is 19.7 Å². The monoisotopic (exact) mass is 380 g/mol. The molecule has 0 aliphatic carbocycles. The first kappa shape index (κ1) is 17.5. The first-order valence-electron chi connectivity index (χ1n) is 10.0. The van der Waals surface area contributed by atoms with Crippen LogP contribution in [0.25, 0.3) is 10.9 Å². The number of para-hydroxylation sites is 1. The molecule has 3 aromatic rings. The number of aliphatic hydroxyl groups excluding tert-OH is 1. The van der Waals surface area contributed by atoms with E-state index in [-0.39, 0.29) is 24.8 Å². The molecule has 8 nitrogen and oxygen atoms in total. The highest BCUT2D eigenvalue weighted by Crippen LogP contribution is 2.32. The number of hydrogen-bond donors (Lipinski definition) is 1. The van der Waals surface area contributed by atoms with Gasteiger partial charge in [0.05, 0.1) is 36.6 Å². The number of nitrogens with zero attached hydrogens (tertiary/aromatic N) is 6. The van der Waals surface area contributed by atoms with Gasteiger partial charge in [-0.3, -0.25) is 14.3 Å². The number of fused-ring (bicyclic) bond motifs is 2. The van der Waals surface area contributed by atoms with Crippen LogP contribution in [0.2, 0.25) is 0 Å². The lowest BCUT2D eigenvalue weighted by Gasteiger charge is -2.26. The van der Waals surface area contributed by atoms with E-state index in [0.29, 0.717) is 17.4 Å². The average molecular weight is 380 g/mol. The van der Waals surface area contributed by atoms with Crippen molar-refractivity contribution in [2.75, 3.05) is 13.2 Å². The summed E-state index contributed by atoms with van der Waals surface area (Å²) in [7, 11) is 0. The van der Waals surface area contributed by atoms with Crippen LogP contribution < -0.4 is 5.56 Å². The molecule has 5 rings (SSSR count). The Balaban J connectivity index is 1.54. The number of hydrogen-bond acceptors (Lipinski definition) is 6. The fourth-order valence-electron chi connectivity index (χ4n) is 4.57. The topological polar surface area (TPSA) is 89.1 Å². The molecule has 1 N–H and O–H groups in total. The van der Waals surface area contributed by atoms with Gasteiger partial charge in [-0.1, -0.05) is 12.1 Å². The predicted octanol–water partition coefficient (Wildman–Crippen LogP) is 1.26. The molecule has 146 valence electrons. The third-order valence-electron chi connectivity index (χ3n) is 5.91. The molecule has 2 aliphatic rings. The van der Waals surface area contributed by atoms with E-state index in [1.54, 1.807) is 10.6 Å². The van der Waals surface area contributed by atoms with Crippen molar-refractivity contribution in [2.45, 2.75) is 51.4 Å². The number of aromatic nitrogens is 5. The maximum Gasteiger partial charge on any atom is 0.261 e. The summed E-state index contributed by atoms with van der Waals surface area (Å²) in [5, 5.41) is 18.9. The number of aliphatic hydroxyl groups is 1. The minimum atomic E-state index is -0.0860. The minimum absolute atomic E-state index is 0.0400. The molecule has 1 fully saturated rings. The molecule has 0 saturated carbocycles. The Morgan fingerprint density at radius 2 is 2.04 bits per heavy atom. The third-order valence-corrected chi connectivity index (χ3v) is 5.91. The second-order valence-electron chi connectivity index (χ2n) is 7.58. The van der Waals surface area contributed by atoms with Crippen molar-refractivity contribution >= 4 is 10.9 Å². The summed E-state index contributed by atoms with van der Waals surface area (Å²) in [4.78, 5) is 20.2. The summed E-state index contributed by atoms with van der Waals surface area (Å²) >= 11 is 0. The molecule has 2 aromatic heterocycles. The first-order valence-corrected chi connectivity index (χ1v) is 10.0. The van der Waals surface area contributed by atoms with E-state index < -0.39 is 0 Å². The SMILES string of the molecule is O=c1c2ccccc2nc(C2CCCN2Cc2nnc3n2CCC3)n1CCO. The number of benzene rings is 1. The molecule has 8 heteroatoms. The van der Waals surface area contributed by atoms with Crippen molar-refractivity contribution in [3.63, 3.8) is 0 Å². The van der Waals surface area contributed by atoms with E-state index in [4.69, 9.17) is 4.98 Å². The smallest absolute Gasteiger partial charge is 0.261 e. The van der Waals surface area contributed by atoms with Gasteiger partial charge in [-0.25, -0.2) is 4.98 Å². The van der Waals surface area contributed by atoms with Crippen molar-refractivity contribution in [2.24, 2.45) is 0 Å². The van der Waals surface area contributed by atoms with Crippen LogP contribution in [0.1, 0.15) is 42.8 Å². The Morgan fingerprint density at radius 3 is 2.93 bits per heavy atom. The van der Waals surface area contributed by atoms with Crippen molar-refractivity contribution in [3.05, 3.63) is 52.1 Å². The lowest BCUT2D eigenvalue weighted by atomic mass is 10.1. The summed E-state index contributed by atoms with van der Waals surface area (Å²) in [6.45, 7) is 2.81. The molecule has 28 heavy (non-hydrogen) atoms. The van der Waals surface area contributed by atoms with Crippen LogP contribution in [-0.4, -0.2) is 47.5 Å². The lowest BCUT2D eigenvalue weighted by Crippen LogP contribution is -2.33.